The maximum atomic E-state index is 13.5. The van der Waals surface area contributed by atoms with Crippen LogP contribution in [0, 0.1) is 18.3 Å². The molecule has 1 aromatic heterocycles. The molecule has 2 aliphatic heterocycles. The standard InChI is InChI=1S/C19H15ClN4O3/c1-12-6-14(9-22-8-12)24-17(25)19(10-23(5-4-21)18(24)26)11-27-16-3-2-13(20)7-15(16)19/h2-3,6-9H,5,10-11H2,1H3. The number of carbonyl (C=O) groups is 2. The Kier molecular flexibility index (Phi) is 4.01. The van der Waals surface area contributed by atoms with Crippen molar-refractivity contribution >= 4 is 29.2 Å². The van der Waals surface area contributed by atoms with Crippen LogP contribution in [0.5, 0.6) is 5.75 Å². The molecule has 2 aliphatic rings. The number of fused-ring (bicyclic) bond motifs is 2. The maximum Gasteiger partial charge on any atom is 0.332 e. The van der Waals surface area contributed by atoms with E-state index in [-0.39, 0.29) is 19.7 Å². The number of urea groups is 1. The number of anilines is 1. The number of hydrogen-bond acceptors (Lipinski definition) is 5. The van der Waals surface area contributed by atoms with E-state index in [2.05, 4.69) is 4.98 Å². The fourth-order valence-electron chi connectivity index (χ4n) is 3.59. The van der Waals surface area contributed by atoms with Crippen LogP contribution in [-0.2, 0) is 10.2 Å². The first-order chi connectivity index (χ1) is 13.0. The lowest BCUT2D eigenvalue weighted by molar-refractivity contribution is -0.125. The molecule has 1 fully saturated rings. The second-order valence-corrected chi connectivity index (χ2v) is 7.11. The number of pyridine rings is 1. The number of amides is 3. The van der Waals surface area contributed by atoms with Gasteiger partial charge in [-0.15, -0.1) is 0 Å². The van der Waals surface area contributed by atoms with Gasteiger partial charge in [-0.05, 0) is 36.8 Å². The first-order valence-corrected chi connectivity index (χ1v) is 8.69. The fraction of sp³-hybridized carbons (Fsp3) is 0.263. The topological polar surface area (TPSA) is 86.5 Å². The van der Waals surface area contributed by atoms with Crippen molar-refractivity contribution in [2.45, 2.75) is 12.3 Å². The third-order valence-corrected chi connectivity index (χ3v) is 5.08. The fourth-order valence-corrected chi connectivity index (χ4v) is 3.76. The Balaban J connectivity index is 1.87. The van der Waals surface area contributed by atoms with Crippen molar-refractivity contribution in [2.24, 2.45) is 0 Å². The number of benzene rings is 1. The van der Waals surface area contributed by atoms with E-state index in [0.717, 1.165) is 10.5 Å². The lowest BCUT2D eigenvalue weighted by Crippen LogP contribution is -2.65. The monoisotopic (exact) mass is 382 g/mol. The molecule has 1 aromatic carbocycles. The van der Waals surface area contributed by atoms with Crippen molar-refractivity contribution in [3.8, 4) is 11.8 Å². The highest BCUT2D eigenvalue weighted by molar-refractivity contribution is 6.31. The molecule has 3 amide bonds. The van der Waals surface area contributed by atoms with Crippen LogP contribution >= 0.6 is 11.6 Å². The summed E-state index contributed by atoms with van der Waals surface area (Å²) in [5.41, 5.74) is 0.684. The number of halogens is 1. The summed E-state index contributed by atoms with van der Waals surface area (Å²) in [5.74, 6) is 0.149. The van der Waals surface area contributed by atoms with Crippen LogP contribution < -0.4 is 9.64 Å². The molecule has 1 unspecified atom stereocenters. The molecule has 1 spiro atoms. The summed E-state index contributed by atoms with van der Waals surface area (Å²) in [4.78, 5) is 33.0. The average molecular weight is 383 g/mol. The molecule has 8 heteroatoms. The van der Waals surface area contributed by atoms with Crippen molar-refractivity contribution in [3.05, 3.63) is 52.8 Å². The van der Waals surface area contributed by atoms with E-state index in [1.807, 2.05) is 13.0 Å². The first-order valence-electron chi connectivity index (χ1n) is 8.31. The first kappa shape index (κ1) is 17.3. The zero-order chi connectivity index (χ0) is 19.2. The maximum absolute atomic E-state index is 13.5. The normalized spacial score (nSPS) is 21.2. The quantitative estimate of drug-likeness (QED) is 0.745. The number of hydrogen-bond donors (Lipinski definition) is 0. The lowest BCUT2D eigenvalue weighted by atomic mass is 9.79. The number of aromatic nitrogens is 1. The van der Waals surface area contributed by atoms with E-state index in [1.165, 1.54) is 11.1 Å². The van der Waals surface area contributed by atoms with Crippen molar-refractivity contribution in [3.63, 3.8) is 0 Å². The molecule has 3 heterocycles. The number of rotatable bonds is 2. The molecule has 27 heavy (non-hydrogen) atoms. The Labute approximate surface area is 160 Å². The molecule has 1 saturated heterocycles. The van der Waals surface area contributed by atoms with E-state index < -0.39 is 17.4 Å². The molecule has 4 rings (SSSR count). The Hall–Kier alpha value is -3.11. The zero-order valence-electron chi connectivity index (χ0n) is 14.5. The van der Waals surface area contributed by atoms with Gasteiger partial charge in [0, 0.05) is 23.3 Å². The molecular weight excluding hydrogens is 368 g/mol. The van der Waals surface area contributed by atoms with Crippen molar-refractivity contribution in [1.82, 2.24) is 9.88 Å². The largest absolute Gasteiger partial charge is 0.492 e. The number of nitrogens with zero attached hydrogens (tertiary/aromatic N) is 4. The highest BCUT2D eigenvalue weighted by atomic mass is 35.5. The molecule has 0 bridgehead atoms. The predicted molar refractivity (Wildman–Crippen MR) is 97.7 cm³/mol. The van der Waals surface area contributed by atoms with E-state index >= 15 is 0 Å². The third kappa shape index (κ3) is 2.61. The number of imide groups is 1. The molecule has 0 N–H and O–H groups in total. The second-order valence-electron chi connectivity index (χ2n) is 6.67. The molecule has 0 radical (unpaired) electrons. The van der Waals surface area contributed by atoms with Crippen molar-refractivity contribution in [2.75, 3.05) is 24.6 Å². The van der Waals surface area contributed by atoms with E-state index in [0.29, 0.717) is 22.0 Å². The van der Waals surface area contributed by atoms with Gasteiger partial charge in [-0.25, -0.2) is 9.69 Å². The lowest BCUT2D eigenvalue weighted by Gasteiger charge is -2.42. The number of nitriles is 1. The minimum Gasteiger partial charge on any atom is -0.492 e. The van der Waals surface area contributed by atoms with Crippen molar-refractivity contribution < 1.29 is 14.3 Å². The van der Waals surface area contributed by atoms with E-state index in [4.69, 9.17) is 21.6 Å². The molecular formula is C19H15ClN4O3. The summed E-state index contributed by atoms with van der Waals surface area (Å²) >= 11 is 6.15. The molecule has 136 valence electrons. The summed E-state index contributed by atoms with van der Waals surface area (Å²) in [6, 6.07) is 8.24. The van der Waals surface area contributed by atoms with Crippen LogP contribution in [-0.4, -0.2) is 41.5 Å². The van der Waals surface area contributed by atoms with Gasteiger partial charge >= 0.3 is 6.03 Å². The van der Waals surface area contributed by atoms with Gasteiger partial charge in [0.1, 0.15) is 24.3 Å². The van der Waals surface area contributed by atoms with Gasteiger partial charge in [0.25, 0.3) is 5.91 Å². The van der Waals surface area contributed by atoms with Gasteiger partial charge in [-0.1, -0.05) is 11.6 Å². The Bertz CT molecular complexity index is 1000. The highest BCUT2D eigenvalue weighted by Crippen LogP contribution is 2.44. The van der Waals surface area contributed by atoms with Crippen LogP contribution in [0.3, 0.4) is 0 Å². The number of aryl methyl sites for hydroxylation is 1. The van der Waals surface area contributed by atoms with Gasteiger partial charge in [-0.3, -0.25) is 9.78 Å². The molecule has 1 atom stereocenters. The summed E-state index contributed by atoms with van der Waals surface area (Å²) in [6.07, 6.45) is 3.10. The van der Waals surface area contributed by atoms with Gasteiger partial charge in [0.05, 0.1) is 18.0 Å². The molecule has 2 aromatic rings. The van der Waals surface area contributed by atoms with Crippen LogP contribution in [0.15, 0.2) is 36.7 Å². The Morgan fingerprint density at radius 1 is 1.33 bits per heavy atom. The number of carbonyl (C=O) groups excluding carboxylic acids is 2. The summed E-state index contributed by atoms with van der Waals surface area (Å²) in [7, 11) is 0. The summed E-state index contributed by atoms with van der Waals surface area (Å²) in [5, 5.41) is 9.63. The van der Waals surface area contributed by atoms with Gasteiger partial charge < -0.3 is 9.64 Å². The number of ether oxygens (including phenoxy) is 1. The average Bonchev–Trinajstić information content (AvgIpc) is 2.99. The Morgan fingerprint density at radius 2 is 2.15 bits per heavy atom. The predicted octanol–water partition coefficient (Wildman–Crippen LogP) is 2.67. The van der Waals surface area contributed by atoms with E-state index in [9.17, 15) is 9.59 Å². The van der Waals surface area contributed by atoms with Crippen LogP contribution in [0.4, 0.5) is 10.5 Å². The van der Waals surface area contributed by atoms with Gasteiger partial charge in [-0.2, -0.15) is 5.26 Å². The van der Waals surface area contributed by atoms with Crippen molar-refractivity contribution in [1.29, 1.82) is 5.26 Å². The summed E-state index contributed by atoms with van der Waals surface area (Å²) in [6.45, 7) is 1.82. The minimum absolute atomic E-state index is 0.0569. The molecule has 0 saturated carbocycles. The SMILES string of the molecule is Cc1cncc(N2C(=O)N(CC#N)CC3(COc4ccc(Cl)cc43)C2=O)c1. The van der Waals surface area contributed by atoms with Gasteiger partial charge in [0.2, 0.25) is 0 Å². The highest BCUT2D eigenvalue weighted by Gasteiger charge is 2.56. The Morgan fingerprint density at radius 3 is 2.89 bits per heavy atom. The molecule has 0 aliphatic carbocycles. The summed E-state index contributed by atoms with van der Waals surface area (Å²) < 4.78 is 5.74. The van der Waals surface area contributed by atoms with Crippen LogP contribution in [0.2, 0.25) is 5.02 Å². The minimum atomic E-state index is -1.12. The zero-order valence-corrected chi connectivity index (χ0v) is 15.2. The van der Waals surface area contributed by atoms with E-state index in [1.54, 1.807) is 30.5 Å². The van der Waals surface area contributed by atoms with Crippen LogP contribution in [0.25, 0.3) is 0 Å². The van der Waals surface area contributed by atoms with Crippen LogP contribution in [0.1, 0.15) is 11.1 Å². The van der Waals surface area contributed by atoms with Gasteiger partial charge in [0.15, 0.2) is 0 Å². The second kappa shape index (κ2) is 6.25. The smallest absolute Gasteiger partial charge is 0.332 e. The third-order valence-electron chi connectivity index (χ3n) is 4.85. The molecule has 7 nitrogen and oxygen atoms in total.